The third kappa shape index (κ3) is 5.14. The summed E-state index contributed by atoms with van der Waals surface area (Å²) in [6, 6.07) is 4.00. The summed E-state index contributed by atoms with van der Waals surface area (Å²) in [5, 5.41) is 5.52. The van der Waals surface area contributed by atoms with Crippen LogP contribution in [0, 0.1) is 11.8 Å². The zero-order valence-corrected chi connectivity index (χ0v) is 20.5. The molecule has 0 saturated carbocycles. The first kappa shape index (κ1) is 23.2. The summed E-state index contributed by atoms with van der Waals surface area (Å²) in [6.45, 7) is 2.20. The smallest absolute Gasteiger partial charge is 0.324 e. The van der Waals surface area contributed by atoms with Gasteiger partial charge in [-0.3, -0.25) is 9.69 Å². The largest absolute Gasteiger partial charge is 0.375 e. The fourth-order valence-corrected chi connectivity index (χ4v) is 6.43. The summed E-state index contributed by atoms with van der Waals surface area (Å²) in [5.74, 6) is 0.0464. The number of nitrogens with two attached hydrogens (primary N) is 1. The Balaban J connectivity index is 1.48. The van der Waals surface area contributed by atoms with Crippen LogP contribution in [0.4, 0.5) is 9.93 Å². The van der Waals surface area contributed by atoms with Crippen molar-refractivity contribution in [2.75, 3.05) is 46.5 Å². The molecule has 10 heteroatoms. The van der Waals surface area contributed by atoms with Crippen molar-refractivity contribution < 1.29 is 9.59 Å². The minimum absolute atomic E-state index is 0.0883. The zero-order valence-electron chi connectivity index (χ0n) is 18.9. The molecule has 32 heavy (non-hydrogen) atoms. The summed E-state index contributed by atoms with van der Waals surface area (Å²) >= 11 is 3.15. The Morgan fingerprint density at radius 1 is 1.34 bits per heavy atom. The van der Waals surface area contributed by atoms with E-state index < -0.39 is 0 Å². The van der Waals surface area contributed by atoms with Crippen LogP contribution in [0.3, 0.4) is 0 Å². The lowest BCUT2D eigenvalue weighted by atomic mass is 9.75. The lowest BCUT2D eigenvalue weighted by Gasteiger charge is -2.45. The Kier molecular flexibility index (Phi) is 7.14. The normalized spacial score (nSPS) is 22.9. The van der Waals surface area contributed by atoms with E-state index in [0.717, 1.165) is 36.4 Å². The number of rotatable bonds is 6. The molecule has 0 aromatic carbocycles. The molecule has 2 aromatic heterocycles. The van der Waals surface area contributed by atoms with E-state index in [1.807, 2.05) is 36.5 Å². The average Bonchev–Trinajstić information content (AvgIpc) is 3.37. The molecule has 3 amide bonds. The van der Waals surface area contributed by atoms with Crippen LogP contribution in [-0.2, 0) is 24.2 Å². The van der Waals surface area contributed by atoms with Gasteiger partial charge in [-0.2, -0.15) is 0 Å². The van der Waals surface area contributed by atoms with E-state index in [4.69, 9.17) is 5.73 Å². The maximum atomic E-state index is 13.6. The highest BCUT2D eigenvalue weighted by Gasteiger charge is 2.42. The fourth-order valence-electron chi connectivity index (χ4n) is 4.83. The van der Waals surface area contributed by atoms with Crippen molar-refractivity contribution in [1.82, 2.24) is 25.0 Å². The number of hydrogen-bond donors (Lipinski definition) is 2. The fraction of sp³-hybridized carbons (Fsp3) is 0.591. The minimum Gasteiger partial charge on any atom is -0.375 e. The molecular formula is C22H32N6O2S2. The topological polar surface area (TPSA) is 94.8 Å². The Morgan fingerprint density at radius 2 is 2.16 bits per heavy atom. The van der Waals surface area contributed by atoms with Crippen molar-refractivity contribution in [2.45, 2.75) is 31.8 Å². The lowest BCUT2D eigenvalue weighted by Crippen LogP contribution is -2.55. The van der Waals surface area contributed by atoms with Crippen molar-refractivity contribution in [1.29, 1.82) is 0 Å². The van der Waals surface area contributed by atoms with Gasteiger partial charge < -0.3 is 20.9 Å². The number of amides is 3. The van der Waals surface area contributed by atoms with Gasteiger partial charge in [0.05, 0.1) is 18.2 Å². The van der Waals surface area contributed by atoms with E-state index in [0.29, 0.717) is 36.7 Å². The maximum Gasteiger partial charge on any atom is 0.324 e. The summed E-state index contributed by atoms with van der Waals surface area (Å²) in [7, 11) is 6.01. The number of carbonyl (C=O) groups is 2. The van der Waals surface area contributed by atoms with E-state index in [-0.39, 0.29) is 17.9 Å². The third-order valence-electron chi connectivity index (χ3n) is 6.44. The van der Waals surface area contributed by atoms with Crippen LogP contribution in [0.15, 0.2) is 17.5 Å². The molecular weight excluding hydrogens is 444 g/mol. The SMILES string of the molecule is CN(C)CCNC(=O)N(Cc1cccs1)C(=O)[C@@H]1C[C@@H]2Cc3nc(N)sc3C[C@H]2N(C)C1. The van der Waals surface area contributed by atoms with Gasteiger partial charge in [0.2, 0.25) is 5.91 Å². The number of likely N-dealkylation sites (tertiary alicyclic amines) is 1. The zero-order chi connectivity index (χ0) is 22.8. The molecule has 0 unspecified atom stereocenters. The number of nitrogens with one attached hydrogen (secondary N) is 1. The van der Waals surface area contributed by atoms with Gasteiger partial charge in [-0.05, 0) is 57.8 Å². The van der Waals surface area contributed by atoms with Gasteiger partial charge in [-0.25, -0.2) is 9.78 Å². The summed E-state index contributed by atoms with van der Waals surface area (Å²) in [4.78, 5) is 39.1. The molecule has 4 rings (SSSR count). The summed E-state index contributed by atoms with van der Waals surface area (Å²) in [6.07, 6.45) is 2.56. The number of piperidine rings is 1. The number of fused-ring (bicyclic) bond motifs is 2. The van der Waals surface area contributed by atoms with E-state index in [1.54, 1.807) is 22.7 Å². The monoisotopic (exact) mass is 476 g/mol. The van der Waals surface area contributed by atoms with Crippen molar-refractivity contribution in [3.8, 4) is 0 Å². The molecule has 174 valence electrons. The molecule has 8 nitrogen and oxygen atoms in total. The van der Waals surface area contributed by atoms with Crippen LogP contribution in [0.1, 0.15) is 21.9 Å². The van der Waals surface area contributed by atoms with Crippen molar-refractivity contribution >= 4 is 39.7 Å². The Morgan fingerprint density at radius 3 is 2.88 bits per heavy atom. The van der Waals surface area contributed by atoms with Crippen LogP contribution in [-0.4, -0.2) is 78.4 Å². The molecule has 3 N–H and O–H groups in total. The second-order valence-electron chi connectivity index (χ2n) is 9.07. The molecule has 1 fully saturated rings. The number of thiazole rings is 1. The van der Waals surface area contributed by atoms with Gasteiger partial charge in [0.1, 0.15) is 0 Å². The highest BCUT2D eigenvalue weighted by atomic mass is 32.1. The lowest BCUT2D eigenvalue weighted by molar-refractivity contribution is -0.136. The predicted molar refractivity (Wildman–Crippen MR) is 129 cm³/mol. The molecule has 3 heterocycles. The number of likely N-dealkylation sites (N-methyl/N-ethyl adjacent to an activating group) is 2. The molecule has 0 bridgehead atoms. The first-order valence-corrected chi connectivity index (χ1v) is 12.7. The molecule has 1 saturated heterocycles. The standard InChI is InChI=1S/C22H32N6O2S2/c1-26(2)7-6-24-22(30)28(13-16-5-4-8-31-16)20(29)15-9-14-10-17-19(32-21(23)25-17)11-18(14)27(3)12-15/h4-5,8,14-15,18H,6-7,9-13H2,1-3H3,(H2,23,25)(H,24,30)/t14-,15-,18-/m1/s1. The van der Waals surface area contributed by atoms with Crippen molar-refractivity contribution in [3.63, 3.8) is 0 Å². The Bertz CT molecular complexity index is 944. The molecule has 0 radical (unpaired) electrons. The first-order valence-electron chi connectivity index (χ1n) is 11.0. The second kappa shape index (κ2) is 9.86. The highest BCUT2D eigenvalue weighted by molar-refractivity contribution is 7.15. The molecule has 2 aliphatic rings. The number of nitrogen functional groups attached to an aromatic ring is 1. The van der Waals surface area contributed by atoms with E-state index in [2.05, 4.69) is 22.2 Å². The van der Waals surface area contributed by atoms with Gasteiger partial charge in [0.25, 0.3) is 0 Å². The number of urea groups is 1. The predicted octanol–water partition coefficient (Wildman–Crippen LogP) is 2.12. The van der Waals surface area contributed by atoms with Gasteiger partial charge in [-0.1, -0.05) is 6.07 Å². The molecule has 1 aliphatic heterocycles. The number of imide groups is 1. The van der Waals surface area contributed by atoms with Crippen molar-refractivity contribution in [2.24, 2.45) is 11.8 Å². The number of thiophene rings is 1. The minimum atomic E-state index is -0.312. The van der Waals surface area contributed by atoms with Crippen LogP contribution in [0.5, 0.6) is 0 Å². The van der Waals surface area contributed by atoms with E-state index >= 15 is 0 Å². The van der Waals surface area contributed by atoms with E-state index in [9.17, 15) is 9.59 Å². The van der Waals surface area contributed by atoms with Crippen LogP contribution >= 0.6 is 22.7 Å². The summed E-state index contributed by atoms with van der Waals surface area (Å²) < 4.78 is 0. The second-order valence-corrected chi connectivity index (χ2v) is 11.2. The van der Waals surface area contributed by atoms with E-state index in [1.165, 1.54) is 9.78 Å². The van der Waals surface area contributed by atoms with Crippen LogP contribution in [0.2, 0.25) is 0 Å². The number of hydrogen-bond acceptors (Lipinski definition) is 8. The summed E-state index contributed by atoms with van der Waals surface area (Å²) in [5.41, 5.74) is 7.03. The molecule has 3 atom stereocenters. The Labute approximate surface area is 197 Å². The van der Waals surface area contributed by atoms with Gasteiger partial charge in [0, 0.05) is 35.4 Å². The van der Waals surface area contributed by atoms with Gasteiger partial charge in [0.15, 0.2) is 5.13 Å². The van der Waals surface area contributed by atoms with Crippen LogP contribution in [0.25, 0.3) is 0 Å². The van der Waals surface area contributed by atoms with Crippen LogP contribution < -0.4 is 11.1 Å². The van der Waals surface area contributed by atoms with Crippen molar-refractivity contribution in [3.05, 3.63) is 33.0 Å². The maximum absolute atomic E-state index is 13.6. The number of anilines is 1. The average molecular weight is 477 g/mol. The molecule has 2 aromatic rings. The molecule has 0 spiro atoms. The number of carbonyl (C=O) groups excluding carboxylic acids is 2. The number of aromatic nitrogens is 1. The first-order chi connectivity index (χ1) is 15.3. The quantitative estimate of drug-likeness (QED) is 0.663. The Hall–Kier alpha value is -2.01. The van der Waals surface area contributed by atoms with Gasteiger partial charge >= 0.3 is 6.03 Å². The third-order valence-corrected chi connectivity index (χ3v) is 8.25. The highest BCUT2D eigenvalue weighted by Crippen LogP contribution is 2.39. The molecule has 1 aliphatic carbocycles. The number of nitrogens with zero attached hydrogens (tertiary/aromatic N) is 4. The van der Waals surface area contributed by atoms with Gasteiger partial charge in [-0.15, -0.1) is 22.7 Å².